The van der Waals surface area contributed by atoms with Crippen molar-refractivity contribution in [3.8, 4) is 0 Å². The lowest BCUT2D eigenvalue weighted by Crippen LogP contribution is -2.40. The van der Waals surface area contributed by atoms with Crippen molar-refractivity contribution >= 4 is 18.4 Å². The van der Waals surface area contributed by atoms with Gasteiger partial charge in [-0.25, -0.2) is 0 Å². The van der Waals surface area contributed by atoms with Gasteiger partial charge < -0.3 is 4.80 Å². The van der Waals surface area contributed by atoms with Crippen LogP contribution in [0.3, 0.4) is 0 Å². The van der Waals surface area contributed by atoms with Crippen LogP contribution in [0, 0.1) is 0 Å². The average Bonchev–Trinajstić information content (AvgIpc) is 2.33. The molecule has 1 aromatic carbocycles. The van der Waals surface area contributed by atoms with Gasteiger partial charge in [0.15, 0.2) is 8.32 Å². The standard InChI is InChI=1S/C15H26O4SSi/c1-15(2,21(4,5)18)11-14(12-19-20(3,16)17)13-9-7-6-8-10-13/h6-10,14,18H,11-12H2,1-5H3/t14-/m0/s1. The molecule has 0 amide bonds. The quantitative estimate of drug-likeness (QED) is 0.616. The van der Waals surface area contributed by atoms with Gasteiger partial charge in [0, 0.05) is 5.92 Å². The lowest BCUT2D eigenvalue weighted by atomic mass is 9.90. The van der Waals surface area contributed by atoms with E-state index in [2.05, 4.69) is 0 Å². The van der Waals surface area contributed by atoms with Gasteiger partial charge in [0.05, 0.1) is 12.9 Å². The van der Waals surface area contributed by atoms with E-state index < -0.39 is 18.4 Å². The zero-order valence-electron chi connectivity index (χ0n) is 13.5. The van der Waals surface area contributed by atoms with E-state index in [1.165, 1.54) is 0 Å². The van der Waals surface area contributed by atoms with E-state index in [-0.39, 0.29) is 17.6 Å². The van der Waals surface area contributed by atoms with Gasteiger partial charge in [0.2, 0.25) is 0 Å². The fourth-order valence-electron chi connectivity index (χ4n) is 2.07. The summed E-state index contributed by atoms with van der Waals surface area (Å²) in [5, 5.41) is -0.242. The topological polar surface area (TPSA) is 63.6 Å². The second kappa shape index (κ2) is 6.60. The van der Waals surface area contributed by atoms with Crippen molar-refractivity contribution in [3.63, 3.8) is 0 Å². The summed E-state index contributed by atoms with van der Waals surface area (Å²) in [6.07, 6.45) is 1.74. The molecular formula is C15H26O4SSi. The molecule has 0 aromatic heterocycles. The van der Waals surface area contributed by atoms with Crippen LogP contribution in [-0.2, 0) is 14.3 Å². The maximum Gasteiger partial charge on any atom is 0.264 e. The van der Waals surface area contributed by atoms with Gasteiger partial charge in [-0.2, -0.15) is 8.42 Å². The molecule has 6 heteroatoms. The maximum atomic E-state index is 11.3. The van der Waals surface area contributed by atoms with Crippen molar-refractivity contribution in [2.24, 2.45) is 0 Å². The maximum absolute atomic E-state index is 11.3. The minimum absolute atomic E-state index is 0.0603. The van der Waals surface area contributed by atoms with Crippen molar-refractivity contribution in [2.75, 3.05) is 12.9 Å². The van der Waals surface area contributed by atoms with Crippen LogP contribution >= 0.6 is 0 Å². The summed E-state index contributed by atoms with van der Waals surface area (Å²) in [4.78, 5) is 10.4. The van der Waals surface area contributed by atoms with E-state index in [4.69, 9.17) is 4.18 Å². The fraction of sp³-hybridized carbons (Fsp3) is 0.600. The Balaban J connectivity index is 2.98. The van der Waals surface area contributed by atoms with Crippen LogP contribution in [0.2, 0.25) is 18.1 Å². The van der Waals surface area contributed by atoms with E-state index in [0.717, 1.165) is 11.8 Å². The number of hydrogen-bond acceptors (Lipinski definition) is 4. The van der Waals surface area contributed by atoms with Crippen LogP contribution in [-0.4, -0.2) is 34.4 Å². The van der Waals surface area contributed by atoms with Gasteiger partial charge in [-0.15, -0.1) is 0 Å². The number of rotatable bonds is 7. The van der Waals surface area contributed by atoms with Crippen LogP contribution < -0.4 is 0 Å². The molecular weight excluding hydrogens is 304 g/mol. The summed E-state index contributed by atoms with van der Waals surface area (Å²) in [6, 6.07) is 9.72. The monoisotopic (exact) mass is 330 g/mol. The molecule has 21 heavy (non-hydrogen) atoms. The van der Waals surface area contributed by atoms with Crippen LogP contribution in [0.5, 0.6) is 0 Å². The van der Waals surface area contributed by atoms with E-state index in [1.807, 2.05) is 57.3 Å². The van der Waals surface area contributed by atoms with Crippen LogP contribution in [0.25, 0.3) is 0 Å². The molecule has 4 nitrogen and oxygen atoms in total. The molecule has 0 heterocycles. The van der Waals surface area contributed by atoms with Crippen molar-refractivity contribution < 1.29 is 17.4 Å². The predicted octanol–water partition coefficient (Wildman–Crippen LogP) is 3.11. The zero-order valence-corrected chi connectivity index (χ0v) is 15.3. The normalized spacial score (nSPS) is 15.0. The summed E-state index contributed by atoms with van der Waals surface area (Å²) >= 11 is 0. The minimum Gasteiger partial charge on any atom is -0.432 e. The molecule has 0 saturated carbocycles. The van der Waals surface area contributed by atoms with Gasteiger partial charge in [-0.05, 0) is 30.1 Å². The molecule has 0 aliphatic heterocycles. The van der Waals surface area contributed by atoms with Crippen LogP contribution in [0.4, 0.5) is 0 Å². The van der Waals surface area contributed by atoms with Gasteiger partial charge in [0.1, 0.15) is 0 Å². The first kappa shape index (κ1) is 18.4. The van der Waals surface area contributed by atoms with Crippen LogP contribution in [0.15, 0.2) is 30.3 Å². The summed E-state index contributed by atoms with van der Waals surface area (Å²) < 4.78 is 27.5. The Labute approximate surface area is 129 Å². The third-order valence-corrected chi connectivity index (χ3v) is 8.25. The van der Waals surface area contributed by atoms with E-state index in [9.17, 15) is 13.2 Å². The summed E-state index contributed by atoms with van der Waals surface area (Å²) in [6.45, 7) is 8.00. The number of hydrogen-bond donors (Lipinski definition) is 1. The fourth-order valence-corrected chi connectivity index (χ4v) is 3.23. The summed E-state index contributed by atoms with van der Waals surface area (Å²) in [5.74, 6) is -0.0603. The summed E-state index contributed by atoms with van der Waals surface area (Å²) in [7, 11) is -5.83. The van der Waals surface area contributed by atoms with Crippen molar-refractivity contribution in [1.82, 2.24) is 0 Å². The Morgan fingerprint density at radius 3 is 2.19 bits per heavy atom. The molecule has 0 fully saturated rings. The molecule has 1 N–H and O–H groups in total. The third kappa shape index (κ3) is 5.90. The van der Waals surface area contributed by atoms with Crippen LogP contribution in [0.1, 0.15) is 31.7 Å². The highest BCUT2D eigenvalue weighted by Crippen LogP contribution is 2.44. The Morgan fingerprint density at radius 1 is 1.24 bits per heavy atom. The van der Waals surface area contributed by atoms with Crippen molar-refractivity contribution in [2.45, 2.75) is 44.3 Å². The Hall–Kier alpha value is -0.693. The van der Waals surface area contributed by atoms with Gasteiger partial charge in [-0.1, -0.05) is 44.2 Å². The number of benzene rings is 1. The second-order valence-electron chi connectivity index (χ2n) is 6.74. The molecule has 1 rings (SSSR count). The first-order valence-corrected chi connectivity index (χ1v) is 11.8. The summed E-state index contributed by atoms with van der Waals surface area (Å²) in [5.41, 5.74) is 1.03. The lowest BCUT2D eigenvalue weighted by Gasteiger charge is -2.38. The first-order valence-electron chi connectivity index (χ1n) is 7.04. The van der Waals surface area contributed by atoms with Crippen molar-refractivity contribution in [3.05, 3.63) is 35.9 Å². The third-order valence-electron chi connectivity index (χ3n) is 4.17. The predicted molar refractivity (Wildman–Crippen MR) is 88.3 cm³/mol. The van der Waals surface area contributed by atoms with Gasteiger partial charge >= 0.3 is 0 Å². The molecule has 0 bridgehead atoms. The minimum atomic E-state index is -3.47. The van der Waals surface area contributed by atoms with Gasteiger partial charge in [-0.3, -0.25) is 4.18 Å². The first-order chi connectivity index (χ1) is 9.42. The largest absolute Gasteiger partial charge is 0.432 e. The highest BCUT2D eigenvalue weighted by Gasteiger charge is 2.40. The van der Waals surface area contributed by atoms with Crippen molar-refractivity contribution in [1.29, 1.82) is 0 Å². The lowest BCUT2D eigenvalue weighted by molar-refractivity contribution is 0.273. The Kier molecular flexibility index (Phi) is 5.77. The highest BCUT2D eigenvalue weighted by molar-refractivity contribution is 7.85. The van der Waals surface area contributed by atoms with Gasteiger partial charge in [0.25, 0.3) is 10.1 Å². The molecule has 0 aliphatic carbocycles. The second-order valence-corrected chi connectivity index (χ2v) is 12.9. The molecule has 1 atom stereocenters. The molecule has 0 spiro atoms. The molecule has 0 saturated heterocycles. The molecule has 0 aliphatic rings. The zero-order chi connectivity index (χ0) is 16.3. The molecule has 0 radical (unpaired) electrons. The molecule has 120 valence electrons. The Morgan fingerprint density at radius 2 is 1.76 bits per heavy atom. The smallest absolute Gasteiger partial charge is 0.264 e. The highest BCUT2D eigenvalue weighted by atomic mass is 32.2. The van der Waals surface area contributed by atoms with E-state index in [1.54, 1.807) is 0 Å². The molecule has 0 unspecified atom stereocenters. The SMILES string of the molecule is CC(C)(C[C@@H](COS(C)(=O)=O)c1ccccc1)[Si](C)(C)O. The average molecular weight is 331 g/mol. The van der Waals surface area contributed by atoms with E-state index in [0.29, 0.717) is 6.42 Å². The Bertz CT molecular complexity index is 547. The van der Waals surface area contributed by atoms with E-state index >= 15 is 0 Å². The molecule has 1 aromatic rings.